The molecule has 1 amide bonds. The van der Waals surface area contributed by atoms with Crippen molar-refractivity contribution in [3.8, 4) is 0 Å². The Kier molecular flexibility index (Phi) is 6.32. The summed E-state index contributed by atoms with van der Waals surface area (Å²) in [5, 5.41) is 7.89. The van der Waals surface area contributed by atoms with Crippen LogP contribution >= 0.6 is 0 Å². The van der Waals surface area contributed by atoms with Gasteiger partial charge in [0.15, 0.2) is 0 Å². The Morgan fingerprint density at radius 1 is 1.33 bits per heavy atom. The highest BCUT2D eigenvalue weighted by Crippen LogP contribution is 2.15. The number of carbonyl (C=O) groups is 1. The first-order valence-corrected chi connectivity index (χ1v) is 8.22. The van der Waals surface area contributed by atoms with E-state index in [1.807, 2.05) is 0 Å². The molecular weight excluding hydrogens is 292 g/mol. The summed E-state index contributed by atoms with van der Waals surface area (Å²) in [5.41, 5.74) is 0.843. The van der Waals surface area contributed by atoms with Gasteiger partial charge in [0.25, 0.3) is 5.91 Å². The van der Waals surface area contributed by atoms with Crippen molar-refractivity contribution in [3.63, 3.8) is 0 Å². The van der Waals surface area contributed by atoms with Crippen LogP contribution in [0.5, 0.6) is 0 Å². The standard InChI is InChI=1S/C14H22N2O4S/c1-10(2)4-5-16-14(17)12-6-11(9-20-3)7-13(8-12)21(15,18)19/h6-8,10H,4-5,9H2,1-3H3,(H,16,17)(H2,15,18,19). The lowest BCUT2D eigenvalue weighted by atomic mass is 10.1. The number of benzene rings is 1. The zero-order valence-electron chi connectivity index (χ0n) is 12.5. The molecule has 0 saturated heterocycles. The van der Waals surface area contributed by atoms with E-state index in [1.165, 1.54) is 19.2 Å². The molecule has 0 unspecified atom stereocenters. The van der Waals surface area contributed by atoms with Gasteiger partial charge in [-0.3, -0.25) is 4.79 Å². The maximum Gasteiger partial charge on any atom is 0.251 e. The maximum absolute atomic E-state index is 12.1. The van der Waals surface area contributed by atoms with Crippen LogP contribution in [0.25, 0.3) is 0 Å². The molecule has 0 saturated carbocycles. The largest absolute Gasteiger partial charge is 0.380 e. The first-order valence-electron chi connectivity index (χ1n) is 6.68. The Balaban J connectivity index is 2.99. The van der Waals surface area contributed by atoms with Crippen LogP contribution in [0.3, 0.4) is 0 Å². The number of methoxy groups -OCH3 is 1. The Bertz CT molecular complexity index is 597. The molecular formula is C14H22N2O4S. The number of amides is 1. The highest BCUT2D eigenvalue weighted by atomic mass is 32.2. The van der Waals surface area contributed by atoms with E-state index in [9.17, 15) is 13.2 Å². The molecule has 7 heteroatoms. The normalized spacial score (nSPS) is 11.7. The van der Waals surface area contributed by atoms with Crippen molar-refractivity contribution in [1.82, 2.24) is 5.32 Å². The molecule has 1 rings (SSSR count). The van der Waals surface area contributed by atoms with Crippen molar-refractivity contribution in [2.75, 3.05) is 13.7 Å². The van der Waals surface area contributed by atoms with E-state index in [0.717, 1.165) is 6.42 Å². The number of ether oxygens (including phenoxy) is 1. The van der Waals surface area contributed by atoms with Crippen LogP contribution in [0.15, 0.2) is 23.1 Å². The lowest BCUT2D eigenvalue weighted by molar-refractivity contribution is 0.0951. The highest BCUT2D eigenvalue weighted by Gasteiger charge is 2.14. The van der Waals surface area contributed by atoms with Gasteiger partial charge in [0, 0.05) is 19.2 Å². The first-order chi connectivity index (χ1) is 9.74. The second kappa shape index (κ2) is 7.53. The zero-order chi connectivity index (χ0) is 16.0. The number of rotatable bonds is 7. The molecule has 0 atom stereocenters. The number of nitrogens with two attached hydrogens (primary N) is 1. The van der Waals surface area contributed by atoms with Crippen molar-refractivity contribution >= 4 is 15.9 Å². The van der Waals surface area contributed by atoms with Crippen LogP contribution in [0.1, 0.15) is 36.2 Å². The molecule has 0 fully saturated rings. The quantitative estimate of drug-likeness (QED) is 0.791. The molecule has 0 bridgehead atoms. The summed E-state index contributed by atoms with van der Waals surface area (Å²) in [5.74, 6) is 0.156. The van der Waals surface area contributed by atoms with Gasteiger partial charge in [0.1, 0.15) is 0 Å². The first kappa shape index (κ1) is 17.6. The van der Waals surface area contributed by atoms with Gasteiger partial charge in [-0.05, 0) is 36.1 Å². The van der Waals surface area contributed by atoms with Gasteiger partial charge in [0.05, 0.1) is 11.5 Å². The molecule has 0 radical (unpaired) electrons. The summed E-state index contributed by atoms with van der Waals surface area (Å²) in [4.78, 5) is 12.0. The predicted molar refractivity (Wildman–Crippen MR) is 80.3 cm³/mol. The Morgan fingerprint density at radius 3 is 2.52 bits per heavy atom. The summed E-state index contributed by atoms with van der Waals surface area (Å²) in [7, 11) is -2.38. The minimum Gasteiger partial charge on any atom is -0.380 e. The van der Waals surface area contributed by atoms with E-state index >= 15 is 0 Å². The van der Waals surface area contributed by atoms with Crippen molar-refractivity contribution in [3.05, 3.63) is 29.3 Å². The molecule has 0 aromatic heterocycles. The molecule has 0 spiro atoms. The third kappa shape index (κ3) is 5.82. The number of carbonyl (C=O) groups excluding carboxylic acids is 1. The van der Waals surface area contributed by atoms with Gasteiger partial charge in [-0.1, -0.05) is 13.8 Å². The number of sulfonamides is 1. The van der Waals surface area contributed by atoms with Gasteiger partial charge in [-0.15, -0.1) is 0 Å². The molecule has 0 aliphatic carbocycles. The molecule has 6 nitrogen and oxygen atoms in total. The topological polar surface area (TPSA) is 98.5 Å². The number of hydrogen-bond acceptors (Lipinski definition) is 4. The van der Waals surface area contributed by atoms with Gasteiger partial charge >= 0.3 is 0 Å². The second-order valence-corrected chi connectivity index (χ2v) is 6.84. The number of hydrogen-bond donors (Lipinski definition) is 2. The fourth-order valence-corrected chi connectivity index (χ4v) is 2.39. The lowest BCUT2D eigenvalue weighted by Crippen LogP contribution is -2.26. The van der Waals surface area contributed by atoms with E-state index < -0.39 is 10.0 Å². The summed E-state index contributed by atoms with van der Waals surface area (Å²) >= 11 is 0. The minimum atomic E-state index is -3.87. The lowest BCUT2D eigenvalue weighted by Gasteiger charge is -2.10. The van der Waals surface area contributed by atoms with Gasteiger partial charge in [-0.25, -0.2) is 13.6 Å². The van der Waals surface area contributed by atoms with Gasteiger partial charge in [0.2, 0.25) is 10.0 Å². The van der Waals surface area contributed by atoms with Crippen molar-refractivity contribution in [2.24, 2.45) is 11.1 Å². The Labute approximate surface area is 125 Å². The predicted octanol–water partition coefficient (Wildman–Crippen LogP) is 1.26. The molecule has 3 N–H and O–H groups in total. The second-order valence-electron chi connectivity index (χ2n) is 5.28. The van der Waals surface area contributed by atoms with Crippen molar-refractivity contribution < 1.29 is 17.9 Å². The third-order valence-electron chi connectivity index (χ3n) is 2.88. The van der Waals surface area contributed by atoms with E-state index in [1.54, 1.807) is 6.07 Å². The molecule has 1 aromatic rings. The summed E-state index contributed by atoms with van der Waals surface area (Å²) < 4.78 is 27.9. The molecule has 0 aliphatic heterocycles. The van der Waals surface area contributed by atoms with E-state index in [-0.39, 0.29) is 23.0 Å². The van der Waals surface area contributed by atoms with E-state index in [2.05, 4.69) is 19.2 Å². The van der Waals surface area contributed by atoms with Crippen molar-refractivity contribution in [2.45, 2.75) is 31.8 Å². The Hall–Kier alpha value is -1.44. The summed E-state index contributed by atoms with van der Waals surface area (Å²) in [6, 6.07) is 4.28. The van der Waals surface area contributed by atoms with Crippen LogP contribution < -0.4 is 10.5 Å². The van der Waals surface area contributed by atoms with Crippen molar-refractivity contribution in [1.29, 1.82) is 0 Å². The highest BCUT2D eigenvalue weighted by molar-refractivity contribution is 7.89. The van der Waals surface area contributed by atoms with Crippen LogP contribution in [-0.2, 0) is 21.4 Å². The third-order valence-corrected chi connectivity index (χ3v) is 3.77. The summed E-state index contributed by atoms with van der Waals surface area (Å²) in [6.07, 6.45) is 0.853. The molecule has 118 valence electrons. The van der Waals surface area contributed by atoms with E-state index in [0.29, 0.717) is 18.0 Å². The van der Waals surface area contributed by atoms with Crippen LogP contribution in [-0.4, -0.2) is 28.0 Å². The van der Waals surface area contributed by atoms with E-state index in [4.69, 9.17) is 9.88 Å². The van der Waals surface area contributed by atoms with Gasteiger partial charge in [-0.2, -0.15) is 0 Å². The van der Waals surface area contributed by atoms with Crippen LogP contribution in [0.2, 0.25) is 0 Å². The maximum atomic E-state index is 12.1. The summed E-state index contributed by atoms with van der Waals surface area (Å²) in [6.45, 7) is 4.86. The van der Waals surface area contributed by atoms with Crippen LogP contribution in [0, 0.1) is 5.92 Å². The number of primary sulfonamides is 1. The van der Waals surface area contributed by atoms with Crippen LogP contribution in [0.4, 0.5) is 0 Å². The SMILES string of the molecule is COCc1cc(C(=O)NCCC(C)C)cc(S(N)(=O)=O)c1. The average Bonchev–Trinajstić information content (AvgIpc) is 2.37. The monoisotopic (exact) mass is 314 g/mol. The fraction of sp³-hybridized carbons (Fsp3) is 0.500. The average molecular weight is 314 g/mol. The zero-order valence-corrected chi connectivity index (χ0v) is 13.4. The minimum absolute atomic E-state index is 0.0916. The smallest absolute Gasteiger partial charge is 0.251 e. The fourth-order valence-electron chi connectivity index (χ4n) is 1.78. The van der Waals surface area contributed by atoms with Gasteiger partial charge < -0.3 is 10.1 Å². The Morgan fingerprint density at radius 2 is 2.00 bits per heavy atom. The number of nitrogens with one attached hydrogen (secondary N) is 1. The molecule has 1 aromatic carbocycles. The molecule has 0 aliphatic rings. The molecule has 0 heterocycles. The molecule has 21 heavy (non-hydrogen) atoms.